The van der Waals surface area contributed by atoms with Gasteiger partial charge in [0.15, 0.2) is 0 Å². The first-order valence-corrected chi connectivity index (χ1v) is 9.02. The molecule has 2 aliphatic rings. The Kier molecular flexibility index (Phi) is 5.86. The molecule has 26 heavy (non-hydrogen) atoms. The van der Waals surface area contributed by atoms with Crippen LogP contribution in [-0.2, 0) is 6.54 Å². The average Bonchev–Trinajstić information content (AvgIpc) is 2.68. The summed E-state index contributed by atoms with van der Waals surface area (Å²) in [4.78, 5) is 16.5. The molecule has 0 aliphatic carbocycles. The molecule has 2 heterocycles. The van der Waals surface area contributed by atoms with Crippen LogP contribution in [0.2, 0.25) is 0 Å². The number of ether oxygens (including phenoxy) is 1. The maximum Gasteiger partial charge on any atom is 0.325 e. The lowest BCUT2D eigenvalue weighted by Crippen LogP contribution is -2.41. The van der Waals surface area contributed by atoms with Gasteiger partial charge in [-0.1, -0.05) is 13.0 Å². The van der Waals surface area contributed by atoms with Gasteiger partial charge in [-0.25, -0.2) is 4.79 Å². The zero-order chi connectivity index (χ0) is 19.6. The summed E-state index contributed by atoms with van der Waals surface area (Å²) in [5.41, 5.74) is 2.47. The van der Waals surface area contributed by atoms with E-state index in [0.29, 0.717) is 18.8 Å². The van der Waals surface area contributed by atoms with E-state index in [-0.39, 0.29) is 23.2 Å². The van der Waals surface area contributed by atoms with Crippen molar-refractivity contribution in [2.24, 2.45) is 0 Å². The number of likely N-dealkylation sites (N-methyl/N-ethyl adjacent to an activating group) is 1. The van der Waals surface area contributed by atoms with Gasteiger partial charge in [-0.3, -0.25) is 4.90 Å². The van der Waals surface area contributed by atoms with Gasteiger partial charge in [-0.15, -0.1) is 0 Å². The van der Waals surface area contributed by atoms with Gasteiger partial charge in [0.1, 0.15) is 11.5 Å². The predicted molar refractivity (Wildman–Crippen MR) is 104 cm³/mol. The number of benzene rings is 1. The normalized spacial score (nSPS) is 20.5. The second-order valence-electron chi connectivity index (χ2n) is 7.23. The van der Waals surface area contributed by atoms with E-state index in [9.17, 15) is 9.90 Å². The number of methoxy groups -OCH3 is 1. The number of rotatable bonds is 2. The summed E-state index contributed by atoms with van der Waals surface area (Å²) in [6.07, 6.45) is 2.10. The first-order valence-electron chi connectivity index (χ1n) is 9.02. The molecule has 6 nitrogen and oxygen atoms in total. The number of fused-ring (bicyclic) bond motifs is 2. The molecule has 0 saturated carbocycles. The molecule has 1 aromatic rings. The maximum absolute atomic E-state index is 12.8. The van der Waals surface area contributed by atoms with Crippen LogP contribution in [0.5, 0.6) is 11.5 Å². The lowest BCUT2D eigenvalue weighted by atomic mass is 9.92. The van der Waals surface area contributed by atoms with E-state index in [1.165, 1.54) is 0 Å². The molecule has 3 rings (SSSR count). The third kappa shape index (κ3) is 3.26. The van der Waals surface area contributed by atoms with Crippen molar-refractivity contribution in [3.63, 3.8) is 0 Å². The largest absolute Gasteiger partial charge is 0.507 e. The number of urea groups is 1. The second-order valence-corrected chi connectivity index (χ2v) is 7.23. The van der Waals surface area contributed by atoms with Crippen molar-refractivity contribution in [1.29, 1.82) is 0 Å². The van der Waals surface area contributed by atoms with Crippen molar-refractivity contribution in [2.45, 2.75) is 45.7 Å². The molecule has 144 valence electrons. The Morgan fingerprint density at radius 3 is 2.50 bits per heavy atom. The highest BCUT2D eigenvalue weighted by Crippen LogP contribution is 2.44. The molecule has 6 heteroatoms. The monoisotopic (exact) mass is 361 g/mol. The minimum Gasteiger partial charge on any atom is -0.507 e. The number of hydrogen-bond acceptors (Lipinski definition) is 4. The van der Waals surface area contributed by atoms with E-state index in [0.717, 1.165) is 16.8 Å². The molecule has 0 radical (unpaired) electrons. The Hall–Kier alpha value is -2.21. The van der Waals surface area contributed by atoms with Crippen LogP contribution >= 0.6 is 0 Å². The fourth-order valence-corrected chi connectivity index (χ4v) is 3.87. The molecule has 0 unspecified atom stereocenters. The molecule has 2 N–H and O–H groups in total. The topological polar surface area (TPSA) is 65.0 Å². The minimum atomic E-state index is -0.345. The molecular weight excluding hydrogens is 330 g/mol. The zero-order valence-electron chi connectivity index (χ0n) is 16.9. The number of aromatic hydroxyl groups is 1. The predicted octanol–water partition coefficient (Wildman–Crippen LogP) is 3.27. The van der Waals surface area contributed by atoms with Crippen LogP contribution < -0.4 is 10.1 Å². The van der Waals surface area contributed by atoms with Gasteiger partial charge in [0.2, 0.25) is 0 Å². The highest BCUT2D eigenvalue weighted by Gasteiger charge is 2.48. The van der Waals surface area contributed by atoms with Gasteiger partial charge in [0.25, 0.3) is 0 Å². The lowest BCUT2D eigenvalue weighted by molar-refractivity contribution is 0.175. The smallest absolute Gasteiger partial charge is 0.325 e. The van der Waals surface area contributed by atoms with E-state index >= 15 is 0 Å². The summed E-state index contributed by atoms with van der Waals surface area (Å²) in [5.74, 6) is 0.859. The summed E-state index contributed by atoms with van der Waals surface area (Å²) in [5, 5.41) is 13.1. The number of phenols is 1. The van der Waals surface area contributed by atoms with Gasteiger partial charge >= 0.3 is 6.03 Å². The maximum atomic E-state index is 12.8. The number of amides is 2. The molecule has 0 spiro atoms. The fraction of sp³-hybridized carbons (Fsp3) is 0.550. The number of hydrogen-bond donors (Lipinski definition) is 2. The number of nitrogens with zero attached hydrogens (tertiary/aromatic N) is 2. The van der Waals surface area contributed by atoms with Crippen molar-refractivity contribution >= 4 is 6.03 Å². The van der Waals surface area contributed by atoms with E-state index in [4.69, 9.17) is 4.74 Å². The molecular formula is C20H31N3O3. The molecule has 1 fully saturated rings. The third-order valence-electron chi connectivity index (χ3n) is 5.02. The summed E-state index contributed by atoms with van der Waals surface area (Å²) in [7, 11) is 5.33. The molecule has 1 atom stereocenters. The van der Waals surface area contributed by atoms with Crippen LogP contribution in [0.15, 0.2) is 23.9 Å². The quantitative estimate of drug-likeness (QED) is 0.848. The number of nitrogens with one attached hydrogen (secondary N) is 1. The van der Waals surface area contributed by atoms with Gasteiger partial charge in [0.05, 0.1) is 19.2 Å². The minimum absolute atomic E-state index is 0.0195. The second kappa shape index (κ2) is 7.58. The van der Waals surface area contributed by atoms with Gasteiger partial charge < -0.3 is 20.1 Å². The molecule has 2 aliphatic heterocycles. The van der Waals surface area contributed by atoms with Crippen molar-refractivity contribution < 1.29 is 14.6 Å². The highest BCUT2D eigenvalue weighted by molar-refractivity contribution is 5.82. The fourth-order valence-electron chi connectivity index (χ4n) is 3.87. The number of allylic oxidation sites excluding steroid dienone is 1. The van der Waals surface area contributed by atoms with Crippen LogP contribution in [0, 0.1) is 0 Å². The molecule has 1 saturated heterocycles. The van der Waals surface area contributed by atoms with Gasteiger partial charge in [-0.2, -0.15) is 0 Å². The van der Waals surface area contributed by atoms with Crippen LogP contribution in [0.1, 0.15) is 44.7 Å². The van der Waals surface area contributed by atoms with Crippen molar-refractivity contribution in [1.82, 2.24) is 15.1 Å². The van der Waals surface area contributed by atoms with Crippen LogP contribution in [0.4, 0.5) is 4.79 Å². The van der Waals surface area contributed by atoms with Crippen LogP contribution in [0.25, 0.3) is 0 Å². The Morgan fingerprint density at radius 2 is 1.96 bits per heavy atom. The number of phenolic OH excluding ortho intramolecular Hbond substituents is 1. The van der Waals surface area contributed by atoms with Crippen LogP contribution in [0.3, 0.4) is 0 Å². The summed E-state index contributed by atoms with van der Waals surface area (Å²) in [6.45, 7) is 9.32. The number of carbonyl (C=O) groups excluding carboxylic acids is 1. The van der Waals surface area contributed by atoms with E-state index in [2.05, 4.69) is 32.2 Å². The SMILES string of the molecule is CCN1C(=O)N2Cc3cc(OC)cc(O)c3[C@@H](C)C=C2C1(C)C.CNC. The zero-order valence-corrected chi connectivity index (χ0v) is 16.9. The van der Waals surface area contributed by atoms with E-state index < -0.39 is 0 Å². The molecule has 2 amide bonds. The number of carbonyl (C=O) groups is 1. The molecule has 0 bridgehead atoms. The highest BCUT2D eigenvalue weighted by atomic mass is 16.5. The summed E-state index contributed by atoms with van der Waals surface area (Å²) < 4.78 is 5.27. The van der Waals surface area contributed by atoms with Crippen molar-refractivity contribution in [3.8, 4) is 11.5 Å². The Morgan fingerprint density at radius 1 is 1.35 bits per heavy atom. The summed E-state index contributed by atoms with van der Waals surface area (Å²) in [6, 6.07) is 3.57. The van der Waals surface area contributed by atoms with E-state index in [1.54, 1.807) is 13.2 Å². The molecule has 1 aromatic carbocycles. The van der Waals surface area contributed by atoms with Crippen LogP contribution in [-0.4, -0.2) is 54.2 Å². The van der Waals surface area contributed by atoms with Gasteiger partial charge in [-0.05, 0) is 46.5 Å². The van der Waals surface area contributed by atoms with Crippen molar-refractivity contribution in [3.05, 3.63) is 35.0 Å². The van der Waals surface area contributed by atoms with Gasteiger partial charge in [0, 0.05) is 29.8 Å². The average molecular weight is 361 g/mol. The first-order chi connectivity index (χ1) is 12.2. The summed E-state index contributed by atoms with van der Waals surface area (Å²) >= 11 is 0. The Bertz CT molecular complexity index is 712. The molecule has 0 aromatic heterocycles. The Labute approximate surface area is 156 Å². The first kappa shape index (κ1) is 20.1. The lowest BCUT2D eigenvalue weighted by Gasteiger charge is -2.29. The van der Waals surface area contributed by atoms with Crippen molar-refractivity contribution in [2.75, 3.05) is 27.7 Å². The van der Waals surface area contributed by atoms with E-state index in [1.807, 2.05) is 36.9 Å². The Balaban J connectivity index is 0.000000758. The third-order valence-corrected chi connectivity index (χ3v) is 5.02. The standard InChI is InChI=1S/C18H24N2O3.C2H7N/c1-6-20-17(22)19-10-12-8-13(23-5)9-14(21)16(12)11(2)7-15(19)18(20,3)4;1-3-2/h7-9,11,21H,6,10H2,1-5H3;3H,1-2H3/t11-;/m0./s1.